The molecular weight excluding hydrogens is 276 g/mol. The maximum atomic E-state index is 12.3. The second-order valence-corrected chi connectivity index (χ2v) is 6.14. The average molecular weight is 298 g/mol. The van der Waals surface area contributed by atoms with Crippen molar-refractivity contribution in [3.8, 4) is 5.75 Å². The summed E-state index contributed by atoms with van der Waals surface area (Å²) in [4.78, 5) is 14.0. The van der Waals surface area contributed by atoms with Gasteiger partial charge in [-0.2, -0.15) is 0 Å². The number of hydrogen-bond acceptors (Lipinski definition) is 4. The fourth-order valence-electron chi connectivity index (χ4n) is 1.55. The molecule has 0 fully saturated rings. The van der Waals surface area contributed by atoms with E-state index in [4.69, 9.17) is 10.5 Å². The quantitative estimate of drug-likeness (QED) is 0.810. The molecule has 1 rings (SSSR count). The Kier molecular flexibility index (Phi) is 6.01. The fourth-order valence-corrected chi connectivity index (χ4v) is 2.71. The highest BCUT2D eigenvalue weighted by Gasteiger charge is 2.18. The molecule has 1 aromatic carbocycles. The normalized spacial score (nSPS) is 12.2. The third kappa shape index (κ3) is 4.23. The van der Waals surface area contributed by atoms with E-state index in [1.165, 1.54) is 0 Å². The molecule has 1 amide bonds. The maximum absolute atomic E-state index is 12.3. The second kappa shape index (κ2) is 7.28. The molecule has 0 saturated heterocycles. The zero-order chi connectivity index (χ0) is 15.3. The first-order chi connectivity index (χ1) is 9.36. The summed E-state index contributed by atoms with van der Waals surface area (Å²) in [6, 6.07) is 5.08. The van der Waals surface area contributed by atoms with E-state index in [-0.39, 0.29) is 17.7 Å². The van der Waals surface area contributed by atoms with Crippen LogP contribution in [0.4, 0.5) is 5.69 Å². The van der Waals surface area contributed by atoms with Crippen LogP contribution in [0.25, 0.3) is 0 Å². The summed E-state index contributed by atoms with van der Waals surface area (Å²) >= 11 is 0. The van der Waals surface area contributed by atoms with Crippen LogP contribution in [0.15, 0.2) is 23.1 Å². The molecule has 1 aromatic rings. The van der Waals surface area contributed by atoms with E-state index in [0.717, 1.165) is 0 Å². The highest BCUT2D eigenvalue weighted by atomic mass is 32.2. The second-order valence-electron chi connectivity index (χ2n) is 4.72. The lowest BCUT2D eigenvalue weighted by Crippen LogP contribution is -2.36. The lowest BCUT2D eigenvalue weighted by atomic mass is 10.3. The first-order valence-electron chi connectivity index (χ1n) is 6.53. The maximum Gasteiger partial charge on any atom is 0.235 e. The third-order valence-electron chi connectivity index (χ3n) is 2.96. The van der Waals surface area contributed by atoms with Gasteiger partial charge in [-0.3, -0.25) is 9.00 Å². The number of rotatable bonds is 6. The number of carbonyl (C=O) groups is 1. The van der Waals surface area contributed by atoms with Crippen molar-refractivity contribution in [3.05, 3.63) is 18.2 Å². The van der Waals surface area contributed by atoms with E-state index in [0.29, 0.717) is 22.9 Å². The molecule has 6 heteroatoms. The number of nitrogens with two attached hydrogens (primary N) is 1. The summed E-state index contributed by atoms with van der Waals surface area (Å²) in [7, 11) is 0.226. The van der Waals surface area contributed by atoms with Crippen LogP contribution >= 0.6 is 0 Å². The highest BCUT2D eigenvalue weighted by molar-refractivity contribution is 7.86. The minimum absolute atomic E-state index is 0.0749. The standard InChI is InChI=1S/C14H22N2O3S/c1-5-19-11-6-7-12(15)13(8-11)20(18)9-14(17)16(4)10(2)3/h6-8,10H,5,9,15H2,1-4H3. The lowest BCUT2D eigenvalue weighted by Gasteiger charge is -2.21. The third-order valence-corrected chi connectivity index (χ3v) is 4.32. The molecule has 0 spiro atoms. The van der Waals surface area contributed by atoms with Gasteiger partial charge in [0.1, 0.15) is 11.5 Å². The SMILES string of the molecule is CCOc1ccc(N)c(S(=O)CC(=O)N(C)C(C)C)c1. The number of nitrogens with zero attached hydrogens (tertiary/aromatic N) is 1. The zero-order valence-corrected chi connectivity index (χ0v) is 13.2. The molecule has 0 aliphatic carbocycles. The van der Waals surface area contributed by atoms with Gasteiger partial charge in [-0.25, -0.2) is 0 Å². The summed E-state index contributed by atoms with van der Waals surface area (Å²) < 4.78 is 17.6. The van der Waals surface area contributed by atoms with E-state index >= 15 is 0 Å². The van der Waals surface area contributed by atoms with Crippen molar-refractivity contribution in [3.63, 3.8) is 0 Å². The Morgan fingerprint density at radius 2 is 2.10 bits per heavy atom. The van der Waals surface area contributed by atoms with Gasteiger partial charge in [0.15, 0.2) is 0 Å². The van der Waals surface area contributed by atoms with Gasteiger partial charge in [0.05, 0.1) is 22.3 Å². The number of amides is 1. The Hall–Kier alpha value is -1.56. The van der Waals surface area contributed by atoms with Crippen molar-refractivity contribution < 1.29 is 13.7 Å². The van der Waals surface area contributed by atoms with Gasteiger partial charge in [0.25, 0.3) is 0 Å². The molecule has 0 aromatic heterocycles. The van der Waals surface area contributed by atoms with Crippen molar-refractivity contribution in [1.29, 1.82) is 0 Å². The van der Waals surface area contributed by atoms with Crippen molar-refractivity contribution in [2.45, 2.75) is 31.7 Å². The Morgan fingerprint density at radius 3 is 2.65 bits per heavy atom. The monoisotopic (exact) mass is 298 g/mol. The van der Waals surface area contributed by atoms with Crippen molar-refractivity contribution >= 4 is 22.4 Å². The van der Waals surface area contributed by atoms with Crippen LogP contribution in [0.3, 0.4) is 0 Å². The number of anilines is 1. The molecule has 0 aliphatic heterocycles. The summed E-state index contributed by atoms with van der Waals surface area (Å²) in [6.45, 7) is 6.20. The Bertz CT molecular complexity index is 503. The van der Waals surface area contributed by atoms with Crippen LogP contribution in [-0.4, -0.2) is 40.5 Å². The van der Waals surface area contributed by atoms with E-state index in [1.54, 1.807) is 30.1 Å². The van der Waals surface area contributed by atoms with E-state index in [1.807, 2.05) is 20.8 Å². The lowest BCUT2D eigenvalue weighted by molar-refractivity contribution is -0.128. The van der Waals surface area contributed by atoms with Crippen LogP contribution in [0.1, 0.15) is 20.8 Å². The van der Waals surface area contributed by atoms with Gasteiger partial charge in [0.2, 0.25) is 5.91 Å². The number of ether oxygens (including phenoxy) is 1. The number of hydrogen-bond donors (Lipinski definition) is 1. The smallest absolute Gasteiger partial charge is 0.235 e. The summed E-state index contributed by atoms with van der Waals surface area (Å²) in [5.74, 6) is 0.364. The highest BCUT2D eigenvalue weighted by Crippen LogP contribution is 2.23. The molecule has 0 radical (unpaired) electrons. The van der Waals surface area contributed by atoms with Crippen LogP contribution in [0.2, 0.25) is 0 Å². The molecule has 20 heavy (non-hydrogen) atoms. The topological polar surface area (TPSA) is 72.6 Å². The number of nitrogen functional groups attached to an aromatic ring is 1. The minimum atomic E-state index is -1.47. The van der Waals surface area contributed by atoms with Crippen LogP contribution in [0, 0.1) is 0 Å². The molecule has 5 nitrogen and oxygen atoms in total. The summed E-state index contributed by atoms with van der Waals surface area (Å²) in [5, 5.41) is 0. The molecule has 0 aliphatic rings. The van der Waals surface area contributed by atoms with Gasteiger partial charge in [-0.15, -0.1) is 0 Å². The van der Waals surface area contributed by atoms with Crippen molar-refractivity contribution in [1.82, 2.24) is 4.90 Å². The Morgan fingerprint density at radius 1 is 1.45 bits per heavy atom. The molecule has 1 atom stereocenters. The van der Waals surface area contributed by atoms with Crippen molar-refractivity contribution in [2.75, 3.05) is 25.1 Å². The summed E-state index contributed by atoms with van der Waals surface area (Å²) in [6.07, 6.45) is 0. The van der Waals surface area contributed by atoms with Gasteiger partial charge in [0, 0.05) is 18.8 Å². The van der Waals surface area contributed by atoms with E-state index in [9.17, 15) is 9.00 Å². The fraction of sp³-hybridized carbons (Fsp3) is 0.500. The molecule has 0 saturated carbocycles. The van der Waals surface area contributed by atoms with Crippen LogP contribution in [-0.2, 0) is 15.6 Å². The van der Waals surface area contributed by atoms with Gasteiger partial charge < -0.3 is 15.4 Å². The molecular formula is C14H22N2O3S. The van der Waals surface area contributed by atoms with Crippen molar-refractivity contribution in [2.24, 2.45) is 0 Å². The molecule has 2 N–H and O–H groups in total. The predicted molar refractivity (Wildman–Crippen MR) is 81.2 cm³/mol. The van der Waals surface area contributed by atoms with Gasteiger partial charge in [-0.05, 0) is 39.0 Å². The first kappa shape index (κ1) is 16.5. The van der Waals surface area contributed by atoms with Crippen LogP contribution in [0.5, 0.6) is 5.75 Å². The largest absolute Gasteiger partial charge is 0.494 e. The van der Waals surface area contributed by atoms with E-state index < -0.39 is 10.8 Å². The number of carbonyl (C=O) groups excluding carboxylic acids is 1. The average Bonchev–Trinajstić information content (AvgIpc) is 2.39. The molecule has 112 valence electrons. The first-order valence-corrected chi connectivity index (χ1v) is 7.85. The van der Waals surface area contributed by atoms with E-state index in [2.05, 4.69) is 0 Å². The van der Waals surface area contributed by atoms with Crippen LogP contribution < -0.4 is 10.5 Å². The Balaban J connectivity index is 2.86. The summed E-state index contributed by atoms with van der Waals surface area (Å²) in [5.41, 5.74) is 6.23. The zero-order valence-electron chi connectivity index (χ0n) is 12.4. The van der Waals surface area contributed by atoms with Gasteiger partial charge in [-0.1, -0.05) is 0 Å². The van der Waals surface area contributed by atoms with Gasteiger partial charge >= 0.3 is 0 Å². The molecule has 1 unspecified atom stereocenters. The number of benzene rings is 1. The Labute approximate surface area is 122 Å². The predicted octanol–water partition coefficient (Wildman–Crippen LogP) is 1.64. The minimum Gasteiger partial charge on any atom is -0.494 e. The molecule has 0 heterocycles. The molecule has 0 bridgehead atoms.